The van der Waals surface area contributed by atoms with Crippen molar-refractivity contribution < 1.29 is 0 Å². The first-order valence-electron chi connectivity index (χ1n) is 10.8. The first-order valence-corrected chi connectivity index (χ1v) is 10.8. The molecule has 0 aliphatic carbocycles. The summed E-state index contributed by atoms with van der Waals surface area (Å²) < 4.78 is 2.05. The van der Waals surface area contributed by atoms with Gasteiger partial charge in [0.2, 0.25) is 0 Å². The minimum absolute atomic E-state index is 0.874. The van der Waals surface area contributed by atoms with Crippen LogP contribution >= 0.6 is 0 Å². The maximum atomic E-state index is 4.62. The molecule has 1 fully saturated rings. The molecule has 32 heavy (non-hydrogen) atoms. The molecule has 0 aromatic carbocycles. The zero-order chi connectivity index (χ0) is 21.8. The third-order valence-electron chi connectivity index (χ3n) is 6.55. The SMILES string of the molecule is Cc1ncc(-c2cc3c(-c4cc5c(N6CCN(C)CC6)cncc5[nH]4)n[nH]c3cn2)n1C. The Bertz CT molecular complexity index is 1430. The highest BCUT2D eigenvalue weighted by molar-refractivity contribution is 6.00. The molecule has 0 saturated carbocycles. The number of hydrogen-bond donors (Lipinski definition) is 2. The number of anilines is 1. The van der Waals surface area contributed by atoms with E-state index in [0.29, 0.717) is 0 Å². The number of rotatable bonds is 3. The third-order valence-corrected chi connectivity index (χ3v) is 6.55. The summed E-state index contributed by atoms with van der Waals surface area (Å²) >= 11 is 0. The minimum atomic E-state index is 0.874. The molecule has 5 aromatic heterocycles. The summed E-state index contributed by atoms with van der Waals surface area (Å²) in [5, 5.41) is 9.94. The Kier molecular flexibility index (Phi) is 4.25. The molecule has 5 aromatic rings. The van der Waals surface area contributed by atoms with Gasteiger partial charge < -0.3 is 19.4 Å². The standard InChI is InChI=1S/C23H25N9/c1-14-25-13-22(31(14)3)17-9-16-20(11-26-17)28-29-23(16)18-8-15-19(27-18)10-24-12-21(15)32-6-4-30(2)5-7-32/h8-13,27H,4-7H2,1-3H3,(H,28,29). The molecule has 1 aliphatic heterocycles. The fraction of sp³-hybridized carbons (Fsp3) is 0.304. The van der Waals surface area contributed by atoms with E-state index >= 15 is 0 Å². The van der Waals surface area contributed by atoms with E-state index in [-0.39, 0.29) is 0 Å². The molecule has 0 spiro atoms. The van der Waals surface area contributed by atoms with Crippen LogP contribution in [0.3, 0.4) is 0 Å². The second-order valence-electron chi connectivity index (χ2n) is 8.53. The topological polar surface area (TPSA) is 94.6 Å². The molecule has 6 heterocycles. The highest BCUT2D eigenvalue weighted by Gasteiger charge is 2.19. The van der Waals surface area contributed by atoms with Crippen molar-refractivity contribution in [1.82, 2.24) is 39.6 Å². The summed E-state index contributed by atoms with van der Waals surface area (Å²) in [4.78, 5) is 21.8. The second-order valence-corrected chi connectivity index (χ2v) is 8.53. The van der Waals surface area contributed by atoms with Gasteiger partial charge in [-0.25, -0.2) is 4.98 Å². The van der Waals surface area contributed by atoms with Crippen LogP contribution in [0, 0.1) is 6.92 Å². The molecule has 1 saturated heterocycles. The predicted molar refractivity (Wildman–Crippen MR) is 126 cm³/mol. The molecule has 9 heteroatoms. The second kappa shape index (κ2) is 7.16. The number of aromatic amines is 2. The number of nitrogens with one attached hydrogen (secondary N) is 2. The van der Waals surface area contributed by atoms with Gasteiger partial charge in [-0.1, -0.05) is 0 Å². The fourth-order valence-electron chi connectivity index (χ4n) is 4.47. The molecule has 0 atom stereocenters. The van der Waals surface area contributed by atoms with Crippen LogP contribution in [0.5, 0.6) is 0 Å². The van der Waals surface area contributed by atoms with Crippen LogP contribution in [-0.2, 0) is 7.05 Å². The number of pyridine rings is 2. The highest BCUT2D eigenvalue weighted by Crippen LogP contribution is 2.34. The Morgan fingerprint density at radius 3 is 2.50 bits per heavy atom. The van der Waals surface area contributed by atoms with Gasteiger partial charge >= 0.3 is 0 Å². The number of H-pyrrole nitrogens is 2. The Morgan fingerprint density at radius 1 is 0.875 bits per heavy atom. The lowest BCUT2D eigenvalue weighted by atomic mass is 10.1. The summed E-state index contributed by atoms with van der Waals surface area (Å²) in [7, 11) is 4.17. The number of aromatic nitrogens is 7. The minimum Gasteiger partial charge on any atom is -0.367 e. The van der Waals surface area contributed by atoms with E-state index in [0.717, 1.165) is 71.2 Å². The Morgan fingerprint density at radius 2 is 1.72 bits per heavy atom. The number of aryl methyl sites for hydroxylation is 1. The van der Waals surface area contributed by atoms with Gasteiger partial charge in [0, 0.05) is 44.0 Å². The molecule has 1 aliphatic rings. The summed E-state index contributed by atoms with van der Waals surface area (Å²) in [6.07, 6.45) is 7.56. The molecule has 2 N–H and O–H groups in total. The van der Waals surface area contributed by atoms with Crippen molar-refractivity contribution in [2.75, 3.05) is 38.1 Å². The average molecular weight is 428 g/mol. The van der Waals surface area contributed by atoms with E-state index in [2.05, 4.69) is 59.1 Å². The first-order chi connectivity index (χ1) is 15.6. The van der Waals surface area contributed by atoms with Crippen LogP contribution in [0.15, 0.2) is 36.9 Å². The van der Waals surface area contributed by atoms with Gasteiger partial charge in [-0.3, -0.25) is 15.1 Å². The molecular formula is C23H25N9. The van der Waals surface area contributed by atoms with E-state index in [1.165, 1.54) is 11.1 Å². The lowest BCUT2D eigenvalue weighted by Crippen LogP contribution is -2.44. The van der Waals surface area contributed by atoms with Gasteiger partial charge in [0.25, 0.3) is 0 Å². The van der Waals surface area contributed by atoms with Crippen molar-refractivity contribution in [3.8, 4) is 22.8 Å². The molecule has 6 rings (SSSR count). The smallest absolute Gasteiger partial charge is 0.116 e. The zero-order valence-corrected chi connectivity index (χ0v) is 18.4. The predicted octanol–water partition coefficient (Wildman–Crippen LogP) is 2.96. The normalized spacial score (nSPS) is 15.3. The number of likely N-dealkylation sites (N-methyl/N-ethyl adjacent to an activating group) is 1. The zero-order valence-electron chi connectivity index (χ0n) is 18.4. The van der Waals surface area contributed by atoms with Gasteiger partial charge in [-0.2, -0.15) is 5.10 Å². The van der Waals surface area contributed by atoms with Crippen molar-refractivity contribution >= 4 is 27.5 Å². The number of nitrogens with zero attached hydrogens (tertiary/aromatic N) is 7. The summed E-state index contributed by atoms with van der Waals surface area (Å²) in [6, 6.07) is 4.27. The van der Waals surface area contributed by atoms with E-state index < -0.39 is 0 Å². The maximum absolute atomic E-state index is 4.62. The van der Waals surface area contributed by atoms with Gasteiger partial charge in [0.05, 0.1) is 58.6 Å². The van der Waals surface area contributed by atoms with E-state index in [1.54, 1.807) is 0 Å². The Balaban J connectivity index is 1.45. The van der Waals surface area contributed by atoms with Crippen molar-refractivity contribution in [3.05, 3.63) is 42.7 Å². The van der Waals surface area contributed by atoms with Gasteiger partial charge in [-0.05, 0) is 26.1 Å². The van der Waals surface area contributed by atoms with Crippen LogP contribution in [0.25, 0.3) is 44.6 Å². The maximum Gasteiger partial charge on any atom is 0.116 e. The molecule has 0 unspecified atom stereocenters. The van der Waals surface area contributed by atoms with Gasteiger partial charge in [0.15, 0.2) is 0 Å². The van der Waals surface area contributed by atoms with E-state index in [9.17, 15) is 0 Å². The summed E-state index contributed by atoms with van der Waals surface area (Å²) in [6.45, 7) is 6.11. The monoisotopic (exact) mass is 427 g/mol. The number of fused-ring (bicyclic) bond motifs is 2. The highest BCUT2D eigenvalue weighted by atomic mass is 15.3. The average Bonchev–Trinajstić information content (AvgIpc) is 3.50. The van der Waals surface area contributed by atoms with Crippen molar-refractivity contribution in [1.29, 1.82) is 0 Å². The van der Waals surface area contributed by atoms with Gasteiger partial charge in [0.1, 0.15) is 11.5 Å². The molecule has 0 amide bonds. The molecule has 162 valence electrons. The fourth-order valence-corrected chi connectivity index (χ4v) is 4.47. The number of imidazole rings is 1. The van der Waals surface area contributed by atoms with E-state index in [4.69, 9.17) is 0 Å². The van der Waals surface area contributed by atoms with Crippen molar-refractivity contribution in [2.24, 2.45) is 7.05 Å². The molecular weight excluding hydrogens is 402 g/mol. The van der Waals surface area contributed by atoms with E-state index in [1.807, 2.05) is 43.3 Å². The lowest BCUT2D eigenvalue weighted by Gasteiger charge is -2.34. The van der Waals surface area contributed by atoms with Crippen molar-refractivity contribution in [3.63, 3.8) is 0 Å². The summed E-state index contributed by atoms with van der Waals surface area (Å²) in [5.41, 5.74) is 6.79. The van der Waals surface area contributed by atoms with Crippen LogP contribution in [0.4, 0.5) is 5.69 Å². The largest absolute Gasteiger partial charge is 0.367 e. The summed E-state index contributed by atoms with van der Waals surface area (Å²) in [5.74, 6) is 0.953. The Hall–Kier alpha value is -3.72. The molecule has 0 radical (unpaired) electrons. The molecule has 0 bridgehead atoms. The first kappa shape index (κ1) is 19.0. The van der Waals surface area contributed by atoms with Crippen LogP contribution in [-0.4, -0.2) is 72.8 Å². The Labute approximate surface area is 185 Å². The van der Waals surface area contributed by atoms with Crippen LogP contribution in [0.1, 0.15) is 5.82 Å². The van der Waals surface area contributed by atoms with Gasteiger partial charge in [-0.15, -0.1) is 0 Å². The lowest BCUT2D eigenvalue weighted by molar-refractivity contribution is 0.313. The third kappa shape index (κ3) is 2.96. The van der Waals surface area contributed by atoms with Crippen molar-refractivity contribution in [2.45, 2.75) is 6.92 Å². The number of piperazine rings is 1. The molecule has 9 nitrogen and oxygen atoms in total. The van der Waals surface area contributed by atoms with Crippen LogP contribution in [0.2, 0.25) is 0 Å². The quantitative estimate of drug-likeness (QED) is 0.460. The van der Waals surface area contributed by atoms with Crippen LogP contribution < -0.4 is 4.90 Å². The number of hydrogen-bond acceptors (Lipinski definition) is 6.